The Morgan fingerprint density at radius 3 is 2.44 bits per heavy atom. The van der Waals surface area contributed by atoms with Crippen LogP contribution in [0.5, 0.6) is 0 Å². The van der Waals surface area contributed by atoms with E-state index in [0.29, 0.717) is 6.54 Å². The highest BCUT2D eigenvalue weighted by Crippen LogP contribution is 2.47. The summed E-state index contributed by atoms with van der Waals surface area (Å²) in [7, 11) is 0. The van der Waals surface area contributed by atoms with Gasteiger partial charge in [-0.1, -0.05) is 30.3 Å². The van der Waals surface area contributed by atoms with E-state index in [0.717, 1.165) is 48.7 Å². The van der Waals surface area contributed by atoms with Gasteiger partial charge in [-0.2, -0.15) is 4.37 Å². The van der Waals surface area contributed by atoms with Crippen LogP contribution < -0.4 is 4.90 Å². The minimum Gasteiger partial charge on any atom is -0.387 e. The quantitative estimate of drug-likeness (QED) is 0.644. The first kappa shape index (κ1) is 21.6. The second-order valence-electron chi connectivity index (χ2n) is 10.2. The standard InChI is InChI=1S/C26H31N3O2S/c1-25(2)19-10-9-17(15-20(19)26(3,4)24(25)31)21(30)16-28-11-13-29(14-12-28)23-18-7-5-6-8-22(18)32-27-23/h5-10,15,21,30H,11-14,16H2,1-4H3. The van der Waals surface area contributed by atoms with Crippen LogP contribution in [-0.4, -0.2) is 52.9 Å². The predicted molar refractivity (Wildman–Crippen MR) is 131 cm³/mol. The Labute approximate surface area is 193 Å². The molecular formula is C26H31N3O2S. The molecule has 32 heavy (non-hydrogen) atoms. The van der Waals surface area contributed by atoms with Crippen LogP contribution in [0.3, 0.4) is 0 Å². The summed E-state index contributed by atoms with van der Waals surface area (Å²) >= 11 is 1.56. The molecule has 5 nitrogen and oxygen atoms in total. The van der Waals surface area contributed by atoms with E-state index in [4.69, 9.17) is 0 Å². The number of aromatic nitrogens is 1. The zero-order valence-electron chi connectivity index (χ0n) is 19.3. The minimum atomic E-state index is -0.568. The maximum absolute atomic E-state index is 12.9. The van der Waals surface area contributed by atoms with Gasteiger partial charge in [0.05, 0.1) is 10.8 Å². The third kappa shape index (κ3) is 3.36. The Morgan fingerprint density at radius 2 is 1.69 bits per heavy atom. The molecule has 5 rings (SSSR count). The number of anilines is 1. The molecule has 0 radical (unpaired) electrons. The molecule has 0 spiro atoms. The first-order valence-electron chi connectivity index (χ1n) is 11.4. The van der Waals surface area contributed by atoms with E-state index in [9.17, 15) is 9.90 Å². The van der Waals surface area contributed by atoms with E-state index < -0.39 is 16.9 Å². The van der Waals surface area contributed by atoms with E-state index >= 15 is 0 Å². The lowest BCUT2D eigenvalue weighted by molar-refractivity contribution is -0.126. The van der Waals surface area contributed by atoms with E-state index in [1.54, 1.807) is 11.5 Å². The van der Waals surface area contributed by atoms with Gasteiger partial charge >= 0.3 is 0 Å². The van der Waals surface area contributed by atoms with Gasteiger partial charge in [0.2, 0.25) is 0 Å². The number of piperazine rings is 1. The van der Waals surface area contributed by atoms with Crippen LogP contribution in [0.4, 0.5) is 5.82 Å². The molecule has 0 bridgehead atoms. The summed E-state index contributed by atoms with van der Waals surface area (Å²) < 4.78 is 5.91. The summed E-state index contributed by atoms with van der Waals surface area (Å²) in [6.45, 7) is 12.2. The number of fused-ring (bicyclic) bond motifs is 2. The van der Waals surface area contributed by atoms with Gasteiger partial charge < -0.3 is 10.0 Å². The van der Waals surface area contributed by atoms with Crippen molar-refractivity contribution in [2.45, 2.75) is 44.6 Å². The zero-order chi connectivity index (χ0) is 22.7. The van der Waals surface area contributed by atoms with Crippen molar-refractivity contribution in [1.82, 2.24) is 9.27 Å². The number of aliphatic hydroxyl groups excluding tert-OH is 1. The Balaban J connectivity index is 1.27. The topological polar surface area (TPSA) is 56.7 Å². The van der Waals surface area contributed by atoms with Crippen LogP contribution >= 0.6 is 11.5 Å². The number of carbonyl (C=O) groups is 1. The summed E-state index contributed by atoms with van der Waals surface area (Å²) in [5.41, 5.74) is 2.06. The lowest BCUT2D eigenvalue weighted by atomic mass is 9.80. The molecule has 0 amide bonds. The molecule has 2 heterocycles. The average molecular weight is 450 g/mol. The highest BCUT2D eigenvalue weighted by molar-refractivity contribution is 7.13. The normalized spacial score (nSPS) is 21.2. The summed E-state index contributed by atoms with van der Waals surface area (Å²) in [4.78, 5) is 17.6. The van der Waals surface area contributed by atoms with Gasteiger partial charge in [-0.3, -0.25) is 9.69 Å². The molecule has 1 unspecified atom stereocenters. The van der Waals surface area contributed by atoms with Crippen LogP contribution in [0, 0.1) is 0 Å². The number of hydrogen-bond donors (Lipinski definition) is 1. The first-order chi connectivity index (χ1) is 15.2. The van der Waals surface area contributed by atoms with Crippen LogP contribution in [0.15, 0.2) is 42.5 Å². The number of rotatable bonds is 4. The second kappa shape index (κ2) is 7.65. The van der Waals surface area contributed by atoms with Gasteiger partial charge in [-0.25, -0.2) is 0 Å². The number of carbonyl (C=O) groups excluding carboxylic acids is 1. The Morgan fingerprint density at radius 1 is 1.00 bits per heavy atom. The molecule has 1 aromatic heterocycles. The fraction of sp³-hybridized carbons (Fsp3) is 0.462. The van der Waals surface area contributed by atoms with Crippen molar-refractivity contribution < 1.29 is 9.90 Å². The Hall–Kier alpha value is -2.28. The number of benzene rings is 2. The molecule has 168 valence electrons. The maximum atomic E-state index is 12.9. The summed E-state index contributed by atoms with van der Waals surface area (Å²) in [6, 6.07) is 14.5. The van der Waals surface area contributed by atoms with Crippen molar-refractivity contribution in [1.29, 1.82) is 0 Å². The van der Waals surface area contributed by atoms with Crippen molar-refractivity contribution in [3.05, 3.63) is 59.2 Å². The fourth-order valence-electron chi connectivity index (χ4n) is 5.45. The zero-order valence-corrected chi connectivity index (χ0v) is 20.1. The van der Waals surface area contributed by atoms with E-state index in [2.05, 4.69) is 44.5 Å². The van der Waals surface area contributed by atoms with E-state index in [-0.39, 0.29) is 5.78 Å². The van der Waals surface area contributed by atoms with Gasteiger partial charge in [0.25, 0.3) is 0 Å². The minimum absolute atomic E-state index is 0.248. The third-order valence-corrected chi connectivity index (χ3v) is 8.19. The largest absolute Gasteiger partial charge is 0.387 e. The highest BCUT2D eigenvalue weighted by atomic mass is 32.1. The molecule has 2 aliphatic rings. The smallest absolute Gasteiger partial charge is 0.152 e. The molecule has 2 aromatic carbocycles. The molecule has 1 aliphatic carbocycles. The predicted octanol–water partition coefficient (Wildman–Crippen LogP) is 4.29. The molecule has 6 heteroatoms. The summed E-state index contributed by atoms with van der Waals surface area (Å²) in [5, 5.41) is 12.2. The van der Waals surface area contributed by atoms with Gasteiger partial charge in [-0.15, -0.1) is 0 Å². The molecule has 1 N–H and O–H groups in total. The third-order valence-electron chi connectivity index (χ3n) is 7.37. The molecule has 1 atom stereocenters. The molecule has 1 saturated heterocycles. The van der Waals surface area contributed by atoms with E-state index in [1.807, 2.05) is 39.8 Å². The lowest BCUT2D eigenvalue weighted by Crippen LogP contribution is -2.47. The van der Waals surface area contributed by atoms with Crippen LogP contribution in [0.1, 0.15) is 50.5 Å². The second-order valence-corrected chi connectivity index (χ2v) is 11.0. The number of Topliss-reactive ketones (excluding diaryl/α,β-unsaturated/α-hetero) is 1. The molecule has 3 aromatic rings. The Kier molecular flexibility index (Phi) is 5.15. The van der Waals surface area contributed by atoms with Crippen LogP contribution in [0.25, 0.3) is 10.1 Å². The van der Waals surface area contributed by atoms with Crippen molar-refractivity contribution in [3.63, 3.8) is 0 Å². The number of ketones is 1. The molecule has 1 aliphatic heterocycles. The van der Waals surface area contributed by atoms with Crippen molar-refractivity contribution in [2.75, 3.05) is 37.6 Å². The summed E-state index contributed by atoms with van der Waals surface area (Å²) in [5.74, 6) is 1.33. The fourth-order valence-corrected chi connectivity index (χ4v) is 6.25. The molecular weight excluding hydrogens is 418 g/mol. The van der Waals surface area contributed by atoms with Crippen molar-refractivity contribution >= 4 is 33.2 Å². The number of aliphatic hydroxyl groups is 1. The number of β-amino-alcohol motifs (C(OH)–C–C–N with tert-alkyl or cyclic N) is 1. The Bertz CT molecular complexity index is 1170. The van der Waals surface area contributed by atoms with Gasteiger partial charge in [0.15, 0.2) is 5.78 Å². The van der Waals surface area contributed by atoms with Gasteiger partial charge in [-0.05, 0) is 68.1 Å². The van der Waals surface area contributed by atoms with E-state index in [1.165, 1.54) is 10.1 Å². The summed E-state index contributed by atoms with van der Waals surface area (Å²) in [6.07, 6.45) is -0.568. The monoisotopic (exact) mass is 449 g/mol. The van der Waals surface area contributed by atoms with Crippen LogP contribution in [0.2, 0.25) is 0 Å². The van der Waals surface area contributed by atoms with Crippen molar-refractivity contribution in [2.24, 2.45) is 0 Å². The van der Waals surface area contributed by atoms with Crippen molar-refractivity contribution in [3.8, 4) is 0 Å². The number of nitrogens with zero attached hydrogens (tertiary/aromatic N) is 3. The number of hydrogen-bond acceptors (Lipinski definition) is 6. The SMILES string of the molecule is CC1(C)C(=O)C(C)(C)c2cc(C(O)CN3CCN(c4nsc5ccccc45)CC3)ccc21. The first-order valence-corrected chi connectivity index (χ1v) is 12.2. The lowest BCUT2D eigenvalue weighted by Gasteiger charge is -2.36. The average Bonchev–Trinajstić information content (AvgIpc) is 3.27. The van der Waals surface area contributed by atoms with Gasteiger partial charge in [0.1, 0.15) is 5.82 Å². The maximum Gasteiger partial charge on any atom is 0.152 e. The molecule has 0 saturated carbocycles. The highest BCUT2D eigenvalue weighted by Gasteiger charge is 2.50. The molecule has 1 fully saturated rings. The van der Waals surface area contributed by atoms with Crippen LogP contribution in [-0.2, 0) is 15.6 Å². The van der Waals surface area contributed by atoms with Gasteiger partial charge in [0, 0.05) is 48.9 Å².